The van der Waals surface area contributed by atoms with Crippen LogP contribution in [0.25, 0.3) is 0 Å². The molecular weight excluding hydrogens is 256 g/mol. The van der Waals surface area contributed by atoms with Gasteiger partial charge in [0.15, 0.2) is 0 Å². The van der Waals surface area contributed by atoms with E-state index in [1.807, 2.05) is 0 Å². The van der Waals surface area contributed by atoms with E-state index < -0.39 is 5.97 Å². The molecular formula is C6H4BrClNNaO2. The average molecular weight is 260 g/mol. The first-order valence-electron chi connectivity index (χ1n) is 2.65. The number of carbonyl (C=O) groups is 1. The van der Waals surface area contributed by atoms with Crippen LogP contribution in [0.15, 0.2) is 16.7 Å². The number of carboxylic acids is 1. The fourth-order valence-electron chi connectivity index (χ4n) is 0.573. The van der Waals surface area contributed by atoms with Gasteiger partial charge in [-0.25, -0.2) is 9.78 Å². The van der Waals surface area contributed by atoms with Crippen LogP contribution in [0.1, 0.15) is 10.4 Å². The monoisotopic (exact) mass is 259 g/mol. The van der Waals surface area contributed by atoms with E-state index in [9.17, 15) is 4.79 Å². The molecule has 1 aromatic rings. The molecule has 0 amide bonds. The van der Waals surface area contributed by atoms with Crippen molar-refractivity contribution in [2.75, 3.05) is 0 Å². The second-order valence-electron chi connectivity index (χ2n) is 1.80. The van der Waals surface area contributed by atoms with Gasteiger partial charge < -0.3 is 5.11 Å². The quantitative estimate of drug-likeness (QED) is 0.615. The van der Waals surface area contributed by atoms with E-state index in [2.05, 4.69) is 20.9 Å². The number of aromatic nitrogens is 1. The van der Waals surface area contributed by atoms with Crippen LogP contribution in [-0.4, -0.2) is 45.6 Å². The van der Waals surface area contributed by atoms with Gasteiger partial charge in [0, 0.05) is 10.7 Å². The Morgan fingerprint density at radius 2 is 2.25 bits per heavy atom. The van der Waals surface area contributed by atoms with Crippen LogP contribution in [0, 0.1) is 0 Å². The molecule has 60 valence electrons. The molecule has 0 aromatic carbocycles. The van der Waals surface area contributed by atoms with Crippen molar-refractivity contribution in [3.8, 4) is 0 Å². The summed E-state index contributed by atoms with van der Waals surface area (Å²) in [6, 6.07) is 1.40. The molecule has 0 unspecified atom stereocenters. The summed E-state index contributed by atoms with van der Waals surface area (Å²) in [6.45, 7) is 0. The third-order valence-corrected chi connectivity index (χ3v) is 1.77. The Morgan fingerprint density at radius 1 is 1.67 bits per heavy atom. The van der Waals surface area contributed by atoms with Gasteiger partial charge in [0.05, 0.1) is 5.56 Å². The van der Waals surface area contributed by atoms with E-state index in [4.69, 9.17) is 16.7 Å². The molecule has 1 N–H and O–H groups in total. The van der Waals surface area contributed by atoms with E-state index in [1.54, 1.807) is 0 Å². The second kappa shape index (κ2) is 5.19. The second-order valence-corrected chi connectivity index (χ2v) is 3.07. The van der Waals surface area contributed by atoms with Crippen molar-refractivity contribution < 1.29 is 9.90 Å². The van der Waals surface area contributed by atoms with Gasteiger partial charge >= 0.3 is 35.5 Å². The number of nitrogens with zero attached hydrogens (tertiary/aromatic N) is 1. The summed E-state index contributed by atoms with van der Waals surface area (Å²) in [5.41, 5.74) is 0.000965. The van der Waals surface area contributed by atoms with Crippen LogP contribution >= 0.6 is 27.5 Å². The van der Waals surface area contributed by atoms with Gasteiger partial charge in [-0.2, -0.15) is 0 Å². The van der Waals surface area contributed by atoms with Crippen molar-refractivity contribution in [1.82, 2.24) is 4.98 Å². The topological polar surface area (TPSA) is 50.2 Å². The zero-order valence-electron chi connectivity index (χ0n) is 5.21. The molecule has 1 aromatic heterocycles. The van der Waals surface area contributed by atoms with Crippen LogP contribution in [-0.2, 0) is 0 Å². The van der Waals surface area contributed by atoms with Crippen molar-refractivity contribution >= 4 is 63.1 Å². The first-order chi connectivity index (χ1) is 5.11. The first-order valence-corrected chi connectivity index (χ1v) is 3.82. The molecule has 0 spiro atoms. The molecule has 3 nitrogen and oxygen atoms in total. The summed E-state index contributed by atoms with van der Waals surface area (Å²) in [6.07, 6.45) is 1.44. The summed E-state index contributed by atoms with van der Waals surface area (Å²) in [7, 11) is 0. The van der Waals surface area contributed by atoms with Gasteiger partial charge in [-0.05, 0) is 22.0 Å². The zero-order chi connectivity index (χ0) is 8.43. The number of aromatic carboxylic acids is 1. The Kier molecular flexibility index (Phi) is 5.36. The molecule has 0 aliphatic rings. The third kappa shape index (κ3) is 3.03. The van der Waals surface area contributed by atoms with E-state index in [1.165, 1.54) is 12.3 Å². The fourth-order valence-corrected chi connectivity index (χ4v) is 1.09. The first kappa shape index (κ1) is 12.4. The number of rotatable bonds is 1. The minimum absolute atomic E-state index is 0. The number of carboxylic acid groups (broad SMARTS) is 1. The number of pyridine rings is 1. The maximum atomic E-state index is 10.4. The zero-order valence-corrected chi connectivity index (χ0v) is 7.56. The fraction of sp³-hybridized carbons (Fsp3) is 0. The number of halogens is 2. The molecule has 6 heteroatoms. The molecule has 0 aliphatic carbocycles. The molecule has 0 atom stereocenters. The van der Waals surface area contributed by atoms with E-state index >= 15 is 0 Å². The molecule has 12 heavy (non-hydrogen) atoms. The Hall–Kier alpha value is 0.390. The van der Waals surface area contributed by atoms with E-state index in [-0.39, 0.29) is 40.3 Å². The Morgan fingerprint density at radius 3 is 2.67 bits per heavy atom. The van der Waals surface area contributed by atoms with Crippen molar-refractivity contribution in [3.63, 3.8) is 0 Å². The van der Waals surface area contributed by atoms with Gasteiger partial charge in [0.2, 0.25) is 0 Å². The Labute approximate surface area is 105 Å². The van der Waals surface area contributed by atoms with Crippen LogP contribution in [0.2, 0.25) is 5.15 Å². The molecule has 0 saturated heterocycles. The maximum absolute atomic E-state index is 10.4. The Balaban J connectivity index is 0.00000121. The van der Waals surface area contributed by atoms with Crippen LogP contribution in [0.5, 0.6) is 0 Å². The predicted octanol–water partition coefficient (Wildman–Crippen LogP) is 1.55. The molecule has 0 aliphatic heterocycles. The van der Waals surface area contributed by atoms with Gasteiger partial charge in [-0.1, -0.05) is 11.6 Å². The SMILES string of the molecule is O=C(O)c1cc(Br)cnc1Cl.[NaH]. The predicted molar refractivity (Wildman–Crippen MR) is 51.1 cm³/mol. The van der Waals surface area contributed by atoms with Gasteiger partial charge in [-0.15, -0.1) is 0 Å². The Bertz CT molecular complexity index is 308. The normalized spacial score (nSPS) is 8.83. The number of hydrogen-bond donors (Lipinski definition) is 1. The summed E-state index contributed by atoms with van der Waals surface area (Å²) in [5, 5.41) is 8.55. The van der Waals surface area contributed by atoms with Gasteiger partial charge in [0.25, 0.3) is 0 Å². The number of hydrogen-bond acceptors (Lipinski definition) is 2. The van der Waals surface area contributed by atoms with E-state index in [0.717, 1.165) is 0 Å². The summed E-state index contributed by atoms with van der Waals surface area (Å²) in [4.78, 5) is 14.1. The summed E-state index contributed by atoms with van der Waals surface area (Å²) in [5.74, 6) is -1.08. The van der Waals surface area contributed by atoms with Crippen molar-refractivity contribution in [2.24, 2.45) is 0 Å². The summed E-state index contributed by atoms with van der Waals surface area (Å²) < 4.78 is 0.597. The third-order valence-electron chi connectivity index (χ3n) is 1.04. The molecule has 0 bridgehead atoms. The van der Waals surface area contributed by atoms with Gasteiger partial charge in [0.1, 0.15) is 5.15 Å². The van der Waals surface area contributed by atoms with Gasteiger partial charge in [-0.3, -0.25) is 0 Å². The van der Waals surface area contributed by atoms with Crippen molar-refractivity contribution in [1.29, 1.82) is 0 Å². The van der Waals surface area contributed by atoms with E-state index in [0.29, 0.717) is 4.47 Å². The average Bonchev–Trinajstić information content (AvgIpc) is 1.94. The molecule has 1 heterocycles. The van der Waals surface area contributed by atoms with Crippen LogP contribution in [0.4, 0.5) is 0 Å². The van der Waals surface area contributed by atoms with Crippen molar-refractivity contribution in [3.05, 3.63) is 27.5 Å². The molecule has 1 rings (SSSR count). The summed E-state index contributed by atoms with van der Waals surface area (Å²) >= 11 is 8.56. The molecule has 0 saturated carbocycles. The minimum atomic E-state index is -1.08. The van der Waals surface area contributed by atoms with Crippen LogP contribution < -0.4 is 0 Å². The van der Waals surface area contributed by atoms with Crippen LogP contribution in [0.3, 0.4) is 0 Å². The standard InChI is InChI=1S/C6H3BrClNO2.Na.H/c7-3-1-4(6(10)11)5(8)9-2-3;;/h1-2H,(H,10,11);;. The molecule has 0 fully saturated rings. The molecule has 0 radical (unpaired) electrons. The van der Waals surface area contributed by atoms with Crippen molar-refractivity contribution in [2.45, 2.75) is 0 Å².